The molecule has 1 heterocycles. The van der Waals surface area contributed by atoms with E-state index in [1.54, 1.807) is 0 Å². The first-order chi connectivity index (χ1) is 9.65. The molecule has 3 atom stereocenters. The maximum Gasteiger partial charge on any atom is 0.0747 e. The number of rotatable bonds is 10. The van der Waals surface area contributed by atoms with Gasteiger partial charge in [0, 0.05) is 12.6 Å². The van der Waals surface area contributed by atoms with Gasteiger partial charge in [-0.3, -0.25) is 4.90 Å². The third kappa shape index (κ3) is 5.32. The molecule has 120 valence electrons. The van der Waals surface area contributed by atoms with Crippen LogP contribution < -0.4 is 5.73 Å². The van der Waals surface area contributed by atoms with Crippen LogP contribution in [0.5, 0.6) is 0 Å². The van der Waals surface area contributed by atoms with Crippen molar-refractivity contribution in [3.8, 4) is 0 Å². The van der Waals surface area contributed by atoms with E-state index in [0.717, 1.165) is 32.6 Å². The molecule has 4 heteroatoms. The Balaban J connectivity index is 2.42. The van der Waals surface area contributed by atoms with Crippen molar-refractivity contribution in [1.29, 1.82) is 0 Å². The monoisotopic (exact) mass is 285 g/mol. The van der Waals surface area contributed by atoms with Crippen LogP contribution >= 0.6 is 0 Å². The van der Waals surface area contributed by atoms with E-state index < -0.39 is 0 Å². The van der Waals surface area contributed by atoms with Crippen molar-refractivity contribution in [2.45, 2.75) is 65.2 Å². The first kappa shape index (κ1) is 17.9. The second-order valence-corrected chi connectivity index (χ2v) is 5.87. The number of ether oxygens (including phenoxy) is 1. The van der Waals surface area contributed by atoms with Crippen molar-refractivity contribution < 1.29 is 4.74 Å². The summed E-state index contributed by atoms with van der Waals surface area (Å²) in [5.74, 6) is 0. The molecule has 3 unspecified atom stereocenters. The lowest BCUT2D eigenvalue weighted by molar-refractivity contribution is -0.00380. The van der Waals surface area contributed by atoms with Gasteiger partial charge < -0.3 is 15.4 Å². The Kier molecular flexibility index (Phi) is 8.69. The molecular weight excluding hydrogens is 250 g/mol. The molecule has 1 rings (SSSR count). The zero-order valence-corrected chi connectivity index (χ0v) is 14.0. The van der Waals surface area contributed by atoms with Crippen LogP contribution in [0.3, 0.4) is 0 Å². The number of nitrogens with two attached hydrogens (primary N) is 1. The van der Waals surface area contributed by atoms with Crippen molar-refractivity contribution in [2.75, 3.05) is 39.3 Å². The molecule has 20 heavy (non-hydrogen) atoms. The Labute approximate surface area is 125 Å². The fourth-order valence-corrected chi connectivity index (χ4v) is 3.25. The van der Waals surface area contributed by atoms with Gasteiger partial charge in [0.2, 0.25) is 0 Å². The minimum atomic E-state index is 0.336. The Morgan fingerprint density at radius 3 is 2.25 bits per heavy atom. The highest BCUT2D eigenvalue weighted by molar-refractivity contribution is 4.85. The first-order valence-corrected chi connectivity index (χ1v) is 8.48. The van der Waals surface area contributed by atoms with Gasteiger partial charge >= 0.3 is 0 Å². The van der Waals surface area contributed by atoms with E-state index in [4.69, 9.17) is 10.5 Å². The van der Waals surface area contributed by atoms with Gasteiger partial charge in [0.05, 0.1) is 12.2 Å². The summed E-state index contributed by atoms with van der Waals surface area (Å²) in [5, 5.41) is 0. The minimum absolute atomic E-state index is 0.336. The Bertz CT molecular complexity index is 246. The fraction of sp³-hybridized carbons (Fsp3) is 1.00. The van der Waals surface area contributed by atoms with Crippen LogP contribution in [-0.4, -0.2) is 67.3 Å². The van der Waals surface area contributed by atoms with Crippen molar-refractivity contribution in [1.82, 2.24) is 9.80 Å². The number of hydrogen-bond acceptors (Lipinski definition) is 4. The Hall–Kier alpha value is -0.160. The maximum atomic E-state index is 6.03. The highest BCUT2D eigenvalue weighted by atomic mass is 16.5. The molecule has 2 N–H and O–H groups in total. The SMILES string of the molecule is CCN(CC)CCCN(CC)C(CN)C1CCC(C)O1. The second-order valence-electron chi connectivity index (χ2n) is 5.87. The van der Waals surface area contributed by atoms with E-state index in [1.165, 1.54) is 19.4 Å². The fourth-order valence-electron chi connectivity index (χ4n) is 3.25. The molecule has 1 aliphatic heterocycles. The lowest BCUT2D eigenvalue weighted by atomic mass is 10.1. The molecule has 4 nitrogen and oxygen atoms in total. The number of nitrogens with zero attached hydrogens (tertiary/aromatic N) is 2. The quantitative estimate of drug-likeness (QED) is 0.666. The summed E-state index contributed by atoms with van der Waals surface area (Å²) < 4.78 is 6.03. The first-order valence-electron chi connectivity index (χ1n) is 8.48. The molecule has 0 spiro atoms. The molecule has 0 radical (unpaired) electrons. The summed E-state index contributed by atoms with van der Waals surface area (Å²) in [6.45, 7) is 15.2. The van der Waals surface area contributed by atoms with E-state index in [-0.39, 0.29) is 0 Å². The van der Waals surface area contributed by atoms with Crippen molar-refractivity contribution in [2.24, 2.45) is 5.73 Å². The molecule has 1 aliphatic rings. The highest BCUT2D eigenvalue weighted by Gasteiger charge is 2.31. The molecule has 0 bridgehead atoms. The summed E-state index contributed by atoms with van der Waals surface area (Å²) >= 11 is 0. The van der Waals surface area contributed by atoms with E-state index in [0.29, 0.717) is 24.8 Å². The molecule has 0 aliphatic carbocycles. The summed E-state index contributed by atoms with van der Waals surface area (Å²) in [6, 6.07) is 0.390. The smallest absolute Gasteiger partial charge is 0.0747 e. The van der Waals surface area contributed by atoms with Crippen molar-refractivity contribution in [3.63, 3.8) is 0 Å². The number of likely N-dealkylation sites (N-methyl/N-ethyl adjacent to an activating group) is 1. The van der Waals surface area contributed by atoms with Crippen molar-refractivity contribution in [3.05, 3.63) is 0 Å². The maximum absolute atomic E-state index is 6.03. The molecule has 0 saturated carbocycles. The average Bonchev–Trinajstić information content (AvgIpc) is 2.88. The molecule has 0 aromatic rings. The summed E-state index contributed by atoms with van der Waals surface area (Å²) in [5.41, 5.74) is 6.03. The third-order valence-electron chi connectivity index (χ3n) is 4.62. The average molecular weight is 285 g/mol. The normalized spacial score (nSPS) is 24.8. The van der Waals surface area contributed by atoms with Crippen LogP contribution in [-0.2, 0) is 4.74 Å². The Morgan fingerprint density at radius 1 is 1.10 bits per heavy atom. The van der Waals surface area contributed by atoms with Gasteiger partial charge in [0.25, 0.3) is 0 Å². The van der Waals surface area contributed by atoms with Crippen LogP contribution in [0.2, 0.25) is 0 Å². The van der Waals surface area contributed by atoms with E-state index in [2.05, 4.69) is 37.5 Å². The molecular formula is C16H35N3O. The molecule has 0 aromatic carbocycles. The Morgan fingerprint density at radius 2 is 1.80 bits per heavy atom. The standard InChI is InChI=1S/C16H35N3O/c1-5-18(6-2)11-8-12-19(7-3)15(13-17)16-10-9-14(4)20-16/h14-16H,5-13,17H2,1-4H3. The van der Waals surface area contributed by atoms with E-state index in [9.17, 15) is 0 Å². The molecule has 0 amide bonds. The van der Waals surface area contributed by atoms with Gasteiger partial charge in [-0.1, -0.05) is 20.8 Å². The highest BCUT2D eigenvalue weighted by Crippen LogP contribution is 2.24. The van der Waals surface area contributed by atoms with E-state index >= 15 is 0 Å². The zero-order chi connectivity index (χ0) is 15.0. The minimum Gasteiger partial charge on any atom is -0.374 e. The van der Waals surface area contributed by atoms with Gasteiger partial charge in [0.15, 0.2) is 0 Å². The lowest BCUT2D eigenvalue weighted by Gasteiger charge is -2.34. The topological polar surface area (TPSA) is 41.7 Å². The predicted molar refractivity (Wildman–Crippen MR) is 86.1 cm³/mol. The third-order valence-corrected chi connectivity index (χ3v) is 4.62. The van der Waals surface area contributed by atoms with E-state index in [1.807, 2.05) is 0 Å². The van der Waals surface area contributed by atoms with Crippen LogP contribution in [0.1, 0.15) is 47.0 Å². The second kappa shape index (κ2) is 9.72. The van der Waals surface area contributed by atoms with Gasteiger partial charge in [0.1, 0.15) is 0 Å². The molecule has 1 saturated heterocycles. The summed E-state index contributed by atoms with van der Waals surface area (Å²) in [6.07, 6.45) is 4.30. The van der Waals surface area contributed by atoms with Gasteiger partial charge in [-0.15, -0.1) is 0 Å². The van der Waals surface area contributed by atoms with Crippen LogP contribution in [0, 0.1) is 0 Å². The summed E-state index contributed by atoms with van der Waals surface area (Å²) in [4.78, 5) is 5.01. The lowest BCUT2D eigenvalue weighted by Crippen LogP contribution is -2.49. The van der Waals surface area contributed by atoms with Crippen molar-refractivity contribution >= 4 is 0 Å². The summed E-state index contributed by atoms with van der Waals surface area (Å²) in [7, 11) is 0. The van der Waals surface area contributed by atoms with Gasteiger partial charge in [-0.05, 0) is 58.9 Å². The molecule has 0 aromatic heterocycles. The largest absolute Gasteiger partial charge is 0.374 e. The molecule has 1 fully saturated rings. The number of hydrogen-bond donors (Lipinski definition) is 1. The van der Waals surface area contributed by atoms with Gasteiger partial charge in [-0.2, -0.15) is 0 Å². The van der Waals surface area contributed by atoms with Crippen LogP contribution in [0.15, 0.2) is 0 Å². The van der Waals surface area contributed by atoms with Crippen LogP contribution in [0.25, 0.3) is 0 Å². The predicted octanol–water partition coefficient (Wildman–Crippen LogP) is 1.94. The van der Waals surface area contributed by atoms with Crippen LogP contribution in [0.4, 0.5) is 0 Å². The van der Waals surface area contributed by atoms with Gasteiger partial charge in [-0.25, -0.2) is 0 Å². The zero-order valence-electron chi connectivity index (χ0n) is 14.0.